The number of H-pyrrole nitrogens is 1. The number of aromatic nitrogens is 4. The van der Waals surface area contributed by atoms with E-state index in [0.717, 1.165) is 4.68 Å². The molecule has 0 fully saturated rings. The molecule has 0 saturated carbocycles. The van der Waals surface area contributed by atoms with Gasteiger partial charge in [-0.1, -0.05) is 0 Å². The van der Waals surface area contributed by atoms with Crippen LogP contribution < -0.4 is 5.56 Å². The van der Waals surface area contributed by atoms with Crippen LogP contribution in [-0.2, 0) is 0 Å². The Hall–Kier alpha value is -1.69. The lowest BCUT2D eigenvalue weighted by atomic mass is 10.4. The van der Waals surface area contributed by atoms with E-state index in [9.17, 15) is 9.59 Å². The summed E-state index contributed by atoms with van der Waals surface area (Å²) < 4.78 is 1.01. The number of nitrogens with one attached hydrogen (secondary N) is 1. The molecule has 0 radical (unpaired) electrons. The predicted octanol–water partition coefficient (Wildman–Crippen LogP) is -0.00140. The number of nitrogens with zero attached hydrogens (tertiary/aromatic N) is 3. The smallest absolute Gasteiger partial charge is 0.263 e. The van der Waals surface area contributed by atoms with E-state index in [4.69, 9.17) is 11.6 Å². The summed E-state index contributed by atoms with van der Waals surface area (Å²) in [7, 11) is 0. The van der Waals surface area contributed by atoms with E-state index < -0.39 is 5.91 Å². The van der Waals surface area contributed by atoms with E-state index in [1.165, 1.54) is 12.5 Å². The summed E-state index contributed by atoms with van der Waals surface area (Å²) in [4.78, 5) is 28.6. The van der Waals surface area contributed by atoms with Crippen molar-refractivity contribution in [3.05, 3.63) is 22.9 Å². The van der Waals surface area contributed by atoms with E-state index in [-0.39, 0.29) is 22.5 Å². The molecule has 14 heavy (non-hydrogen) atoms. The largest absolute Gasteiger partial charge is 0.312 e. The van der Waals surface area contributed by atoms with E-state index in [2.05, 4.69) is 15.1 Å². The lowest BCUT2D eigenvalue weighted by Crippen LogP contribution is -2.15. The van der Waals surface area contributed by atoms with Crippen molar-refractivity contribution < 1.29 is 4.79 Å². The Morgan fingerprint density at radius 3 is 3.14 bits per heavy atom. The summed E-state index contributed by atoms with van der Waals surface area (Å²) in [5.41, 5.74) is -0.108. The highest BCUT2D eigenvalue weighted by Crippen LogP contribution is 2.04. The van der Waals surface area contributed by atoms with Gasteiger partial charge in [0.1, 0.15) is 11.3 Å². The lowest BCUT2D eigenvalue weighted by molar-refractivity contribution is 0.0930. The molecule has 0 bridgehead atoms. The van der Waals surface area contributed by atoms with Crippen molar-refractivity contribution in [1.29, 1.82) is 0 Å². The molecule has 0 aromatic carbocycles. The molecule has 2 aromatic heterocycles. The molecule has 7 heteroatoms. The molecule has 0 aliphatic heterocycles. The summed E-state index contributed by atoms with van der Waals surface area (Å²) in [6.07, 6.45) is 2.50. The van der Waals surface area contributed by atoms with Crippen molar-refractivity contribution >= 4 is 28.5 Å². The Labute approximate surface area is 82.5 Å². The Kier molecular flexibility index (Phi) is 2.05. The van der Waals surface area contributed by atoms with Gasteiger partial charge in [-0.25, -0.2) is 4.98 Å². The summed E-state index contributed by atoms with van der Waals surface area (Å²) in [5.74, 6) is -0.620. The topological polar surface area (TPSA) is 80.6 Å². The quantitative estimate of drug-likeness (QED) is 0.675. The zero-order valence-electron chi connectivity index (χ0n) is 6.90. The molecule has 0 aliphatic carbocycles. The van der Waals surface area contributed by atoms with Crippen molar-refractivity contribution in [3.8, 4) is 0 Å². The number of halogens is 1. The molecule has 0 unspecified atom stereocenters. The van der Waals surface area contributed by atoms with Gasteiger partial charge in [0.15, 0.2) is 5.65 Å². The van der Waals surface area contributed by atoms with Gasteiger partial charge in [0.25, 0.3) is 11.5 Å². The van der Waals surface area contributed by atoms with Crippen molar-refractivity contribution in [1.82, 2.24) is 19.7 Å². The van der Waals surface area contributed by atoms with Crippen molar-refractivity contribution in [3.63, 3.8) is 0 Å². The van der Waals surface area contributed by atoms with Gasteiger partial charge in [-0.15, -0.1) is 11.6 Å². The molecule has 2 aromatic rings. The van der Waals surface area contributed by atoms with Crippen molar-refractivity contribution in [2.75, 3.05) is 5.88 Å². The number of carbonyl (C=O) groups excluding carboxylic acids is 1. The molecule has 0 atom stereocenters. The molecule has 2 rings (SSSR count). The minimum absolute atomic E-state index is 0.203. The Morgan fingerprint density at radius 2 is 2.43 bits per heavy atom. The molecule has 0 saturated heterocycles. The van der Waals surface area contributed by atoms with Crippen LogP contribution in [0.1, 0.15) is 4.79 Å². The SMILES string of the molecule is O=C(CCl)n1ncc2c(=O)[nH]cnc21. The Morgan fingerprint density at radius 1 is 1.64 bits per heavy atom. The van der Waals surface area contributed by atoms with Crippen LogP contribution in [0.2, 0.25) is 0 Å². The minimum atomic E-state index is -0.417. The maximum absolute atomic E-state index is 11.2. The summed E-state index contributed by atoms with van der Waals surface area (Å²) >= 11 is 5.36. The van der Waals surface area contributed by atoms with Gasteiger partial charge in [0.05, 0.1) is 12.5 Å². The Balaban J connectivity index is 2.76. The number of alkyl halides is 1. The average molecular weight is 213 g/mol. The second kappa shape index (κ2) is 3.22. The first kappa shape index (κ1) is 8.89. The van der Waals surface area contributed by atoms with E-state index >= 15 is 0 Å². The molecular formula is C7H5ClN4O2. The zero-order valence-corrected chi connectivity index (χ0v) is 7.65. The first-order valence-electron chi connectivity index (χ1n) is 3.74. The fraction of sp³-hybridized carbons (Fsp3) is 0.143. The first-order valence-corrected chi connectivity index (χ1v) is 4.28. The van der Waals surface area contributed by atoms with Gasteiger partial charge >= 0.3 is 0 Å². The molecule has 0 aliphatic rings. The van der Waals surface area contributed by atoms with Gasteiger partial charge < -0.3 is 4.98 Å². The normalized spacial score (nSPS) is 10.6. The monoisotopic (exact) mass is 212 g/mol. The maximum atomic E-state index is 11.2. The average Bonchev–Trinajstić information content (AvgIpc) is 2.62. The van der Waals surface area contributed by atoms with Gasteiger partial charge in [-0.05, 0) is 0 Å². The van der Waals surface area contributed by atoms with E-state index in [1.807, 2.05) is 0 Å². The second-order valence-corrected chi connectivity index (χ2v) is 2.82. The highest BCUT2D eigenvalue weighted by Gasteiger charge is 2.11. The lowest BCUT2D eigenvalue weighted by Gasteiger charge is -1.95. The first-order chi connectivity index (χ1) is 6.74. The fourth-order valence-electron chi connectivity index (χ4n) is 1.10. The number of rotatable bonds is 1. The van der Waals surface area contributed by atoms with Crippen molar-refractivity contribution in [2.24, 2.45) is 0 Å². The zero-order chi connectivity index (χ0) is 10.1. The predicted molar refractivity (Wildman–Crippen MR) is 49.5 cm³/mol. The second-order valence-electron chi connectivity index (χ2n) is 2.55. The third-order valence-electron chi connectivity index (χ3n) is 1.72. The van der Waals surface area contributed by atoms with Gasteiger partial charge in [-0.3, -0.25) is 9.59 Å². The highest BCUT2D eigenvalue weighted by atomic mass is 35.5. The molecular weight excluding hydrogens is 208 g/mol. The molecule has 2 heterocycles. The van der Waals surface area contributed by atoms with E-state index in [0.29, 0.717) is 0 Å². The number of carbonyl (C=O) groups is 1. The maximum Gasteiger partial charge on any atom is 0.263 e. The summed E-state index contributed by atoms with van der Waals surface area (Å²) in [6, 6.07) is 0. The van der Waals surface area contributed by atoms with Crippen LogP contribution in [-0.4, -0.2) is 31.5 Å². The standard InChI is InChI=1S/C7H5ClN4O2/c8-1-5(13)12-6-4(2-11-12)7(14)10-3-9-6/h2-3H,1H2,(H,9,10,14). The summed E-state index contributed by atoms with van der Waals surface area (Å²) in [5, 5.41) is 4.00. The fourth-order valence-corrected chi connectivity index (χ4v) is 1.21. The Bertz CT molecular complexity index is 544. The number of hydrogen-bond acceptors (Lipinski definition) is 4. The van der Waals surface area contributed by atoms with Gasteiger partial charge in [0, 0.05) is 0 Å². The summed E-state index contributed by atoms with van der Waals surface area (Å²) in [6.45, 7) is 0. The number of fused-ring (bicyclic) bond motifs is 1. The van der Waals surface area contributed by atoms with Gasteiger partial charge in [0.2, 0.25) is 0 Å². The number of aromatic amines is 1. The van der Waals surface area contributed by atoms with Crippen LogP contribution in [0.4, 0.5) is 0 Å². The van der Waals surface area contributed by atoms with Crippen LogP contribution in [0.15, 0.2) is 17.3 Å². The van der Waals surface area contributed by atoms with Gasteiger partial charge in [-0.2, -0.15) is 9.78 Å². The number of hydrogen-bond donors (Lipinski definition) is 1. The molecule has 72 valence electrons. The minimum Gasteiger partial charge on any atom is -0.312 e. The van der Waals surface area contributed by atoms with E-state index in [1.54, 1.807) is 0 Å². The highest BCUT2D eigenvalue weighted by molar-refractivity contribution is 6.27. The van der Waals surface area contributed by atoms with Crippen LogP contribution in [0, 0.1) is 0 Å². The van der Waals surface area contributed by atoms with Crippen LogP contribution in [0.3, 0.4) is 0 Å². The van der Waals surface area contributed by atoms with Crippen molar-refractivity contribution in [2.45, 2.75) is 0 Å². The third-order valence-corrected chi connectivity index (χ3v) is 1.95. The molecule has 0 spiro atoms. The van der Waals surface area contributed by atoms with Crippen LogP contribution in [0.25, 0.3) is 11.0 Å². The third kappa shape index (κ3) is 1.20. The molecule has 0 amide bonds. The molecule has 6 nitrogen and oxygen atoms in total. The van der Waals surface area contributed by atoms with Crippen LogP contribution >= 0.6 is 11.6 Å². The molecule has 1 N–H and O–H groups in total. The van der Waals surface area contributed by atoms with Crippen LogP contribution in [0.5, 0.6) is 0 Å².